The predicted octanol–water partition coefficient (Wildman–Crippen LogP) is 4.26. The van der Waals surface area contributed by atoms with Crippen molar-refractivity contribution in [1.82, 2.24) is 10.2 Å². The number of morpholine rings is 1. The van der Waals surface area contributed by atoms with E-state index in [0.29, 0.717) is 25.4 Å². The number of piperidine rings is 1. The van der Waals surface area contributed by atoms with Gasteiger partial charge < -0.3 is 9.84 Å². The summed E-state index contributed by atoms with van der Waals surface area (Å²) in [6.07, 6.45) is 16.2. The van der Waals surface area contributed by atoms with Crippen molar-refractivity contribution >= 4 is 5.97 Å². The molecule has 2 saturated heterocycles. The number of hydrogen-bond acceptors (Lipinski definition) is 4. The normalized spacial score (nSPS) is 39.8. The Morgan fingerprint density at radius 3 is 2.69 bits per heavy atom. The van der Waals surface area contributed by atoms with Gasteiger partial charge >= 0.3 is 5.97 Å². The van der Waals surface area contributed by atoms with Crippen LogP contribution in [0.2, 0.25) is 0 Å². The van der Waals surface area contributed by atoms with E-state index >= 15 is 0 Å². The van der Waals surface area contributed by atoms with Crippen molar-refractivity contribution < 1.29 is 14.6 Å². The fourth-order valence-corrected chi connectivity index (χ4v) is 6.94. The van der Waals surface area contributed by atoms with Crippen LogP contribution in [0.15, 0.2) is 0 Å². The van der Waals surface area contributed by atoms with Crippen LogP contribution in [0.4, 0.5) is 0 Å². The van der Waals surface area contributed by atoms with Crippen molar-refractivity contribution in [2.24, 2.45) is 23.7 Å². The van der Waals surface area contributed by atoms with Gasteiger partial charge in [0.25, 0.3) is 0 Å². The third-order valence-electron chi connectivity index (χ3n) is 8.50. The highest BCUT2D eigenvalue weighted by atomic mass is 16.5. The van der Waals surface area contributed by atoms with E-state index in [4.69, 9.17) is 4.74 Å². The predicted molar refractivity (Wildman–Crippen MR) is 115 cm³/mol. The molecule has 4 rings (SSSR count). The van der Waals surface area contributed by atoms with Crippen LogP contribution >= 0.6 is 0 Å². The highest BCUT2D eigenvalue weighted by Crippen LogP contribution is 2.47. The van der Waals surface area contributed by atoms with Crippen LogP contribution in [-0.2, 0) is 9.53 Å². The zero-order valence-electron chi connectivity index (χ0n) is 18.4. The summed E-state index contributed by atoms with van der Waals surface area (Å²) >= 11 is 0. The fourth-order valence-electron chi connectivity index (χ4n) is 6.94. The van der Waals surface area contributed by atoms with Crippen molar-refractivity contribution in [3.05, 3.63) is 0 Å². The van der Waals surface area contributed by atoms with Crippen LogP contribution in [0.5, 0.6) is 0 Å². The van der Waals surface area contributed by atoms with Crippen LogP contribution in [0.25, 0.3) is 0 Å². The number of nitrogens with one attached hydrogen (secondary N) is 1. The first-order valence-corrected chi connectivity index (χ1v) is 12.5. The number of nitrogens with zero attached hydrogens (tertiary/aromatic N) is 1. The molecule has 2 aliphatic carbocycles. The van der Waals surface area contributed by atoms with Gasteiger partial charge in [-0.2, -0.15) is 0 Å². The maximum absolute atomic E-state index is 11.5. The molecule has 4 fully saturated rings. The summed E-state index contributed by atoms with van der Waals surface area (Å²) in [5.74, 6) is 2.66. The molecule has 2 aliphatic heterocycles. The summed E-state index contributed by atoms with van der Waals surface area (Å²) in [4.78, 5) is 13.9. The molecule has 0 bridgehead atoms. The SMILES string of the molecule is CCCCC1CCC2NC(N3CCOC(C(=O)O)C3)CC(C3CCCCC3)C2C1. The quantitative estimate of drug-likeness (QED) is 0.690. The molecule has 0 radical (unpaired) electrons. The Labute approximate surface area is 176 Å². The minimum absolute atomic E-state index is 0.334. The summed E-state index contributed by atoms with van der Waals surface area (Å²) in [7, 11) is 0. The summed E-state index contributed by atoms with van der Waals surface area (Å²) in [5, 5.41) is 13.4. The average Bonchev–Trinajstić information content (AvgIpc) is 2.77. The van der Waals surface area contributed by atoms with Crippen LogP contribution in [0.1, 0.15) is 84.0 Å². The van der Waals surface area contributed by atoms with Gasteiger partial charge in [-0.25, -0.2) is 4.79 Å². The molecular formula is C24H42N2O3. The topological polar surface area (TPSA) is 61.8 Å². The van der Waals surface area contributed by atoms with Crippen molar-refractivity contribution in [3.8, 4) is 0 Å². The standard InChI is InChI=1S/C24H42N2O3/c1-2-3-7-17-10-11-21-20(14-17)19(18-8-5-4-6-9-18)15-23(25-21)26-12-13-29-22(16-26)24(27)28/h17-23,25H,2-16H2,1H3,(H,27,28). The summed E-state index contributed by atoms with van der Waals surface area (Å²) in [5.41, 5.74) is 0. The molecule has 166 valence electrons. The molecule has 0 aromatic heterocycles. The van der Waals surface area contributed by atoms with Crippen molar-refractivity contribution in [3.63, 3.8) is 0 Å². The highest BCUT2D eigenvalue weighted by Gasteiger charge is 2.45. The fraction of sp³-hybridized carbons (Fsp3) is 0.958. The molecule has 4 aliphatic rings. The van der Waals surface area contributed by atoms with Crippen LogP contribution < -0.4 is 5.32 Å². The number of unbranched alkanes of at least 4 members (excludes halogenated alkanes) is 1. The molecule has 5 nitrogen and oxygen atoms in total. The Morgan fingerprint density at radius 2 is 1.93 bits per heavy atom. The minimum Gasteiger partial charge on any atom is -0.479 e. The number of fused-ring (bicyclic) bond motifs is 1. The molecule has 2 N–H and O–H groups in total. The van der Waals surface area contributed by atoms with Crippen LogP contribution in [0, 0.1) is 23.7 Å². The summed E-state index contributed by atoms with van der Waals surface area (Å²) in [6, 6.07) is 0.629. The lowest BCUT2D eigenvalue weighted by atomic mass is 9.62. The zero-order chi connectivity index (χ0) is 20.2. The molecule has 0 amide bonds. The lowest BCUT2D eigenvalue weighted by Gasteiger charge is -2.53. The molecular weight excluding hydrogens is 364 g/mol. The maximum Gasteiger partial charge on any atom is 0.334 e. The van der Waals surface area contributed by atoms with Crippen molar-refractivity contribution in [2.75, 3.05) is 19.7 Å². The zero-order valence-corrected chi connectivity index (χ0v) is 18.4. The Hall–Kier alpha value is -0.650. The Balaban J connectivity index is 1.46. The molecule has 6 unspecified atom stereocenters. The number of ether oxygens (including phenoxy) is 1. The minimum atomic E-state index is -0.816. The van der Waals surface area contributed by atoms with E-state index in [0.717, 1.165) is 30.2 Å². The second-order valence-corrected chi connectivity index (χ2v) is 10.3. The van der Waals surface area contributed by atoms with E-state index in [1.807, 2.05) is 0 Å². The monoisotopic (exact) mass is 406 g/mol. The van der Waals surface area contributed by atoms with Gasteiger partial charge in [0, 0.05) is 19.1 Å². The number of aliphatic carboxylic acids is 1. The smallest absolute Gasteiger partial charge is 0.334 e. The first-order chi connectivity index (χ1) is 14.2. The average molecular weight is 407 g/mol. The van der Waals surface area contributed by atoms with E-state index in [-0.39, 0.29) is 0 Å². The van der Waals surface area contributed by atoms with Gasteiger partial charge in [0.05, 0.1) is 12.8 Å². The number of carbonyl (C=O) groups is 1. The van der Waals surface area contributed by atoms with Gasteiger partial charge in [0.2, 0.25) is 0 Å². The van der Waals surface area contributed by atoms with Crippen LogP contribution in [-0.4, -0.2) is 54.0 Å². The highest BCUT2D eigenvalue weighted by molar-refractivity contribution is 5.72. The van der Waals surface area contributed by atoms with Crippen LogP contribution in [0.3, 0.4) is 0 Å². The number of rotatable bonds is 6. The lowest BCUT2D eigenvalue weighted by Crippen LogP contribution is -2.63. The molecule has 0 aromatic rings. The van der Waals surface area contributed by atoms with Gasteiger partial charge in [-0.05, 0) is 49.4 Å². The number of carboxylic acid groups (broad SMARTS) is 1. The van der Waals surface area contributed by atoms with Crippen molar-refractivity contribution in [1.29, 1.82) is 0 Å². The third kappa shape index (κ3) is 5.16. The van der Waals surface area contributed by atoms with Gasteiger partial charge in [0.15, 0.2) is 6.10 Å². The number of hydrogen-bond donors (Lipinski definition) is 2. The molecule has 0 spiro atoms. The Morgan fingerprint density at radius 1 is 1.10 bits per heavy atom. The van der Waals surface area contributed by atoms with E-state index in [9.17, 15) is 9.90 Å². The van der Waals surface area contributed by atoms with Gasteiger partial charge in [-0.3, -0.25) is 10.2 Å². The summed E-state index contributed by atoms with van der Waals surface area (Å²) in [6.45, 7) is 4.24. The van der Waals surface area contributed by atoms with Gasteiger partial charge in [0.1, 0.15) is 0 Å². The van der Waals surface area contributed by atoms with E-state index in [1.165, 1.54) is 77.0 Å². The number of carboxylic acids is 1. The first kappa shape index (κ1) is 21.6. The van der Waals surface area contributed by atoms with E-state index in [2.05, 4.69) is 17.1 Å². The van der Waals surface area contributed by atoms with E-state index in [1.54, 1.807) is 0 Å². The van der Waals surface area contributed by atoms with Gasteiger partial charge in [-0.15, -0.1) is 0 Å². The third-order valence-corrected chi connectivity index (χ3v) is 8.50. The Kier molecular flexibility index (Phi) is 7.52. The first-order valence-electron chi connectivity index (χ1n) is 12.5. The largest absolute Gasteiger partial charge is 0.479 e. The maximum atomic E-state index is 11.5. The molecule has 29 heavy (non-hydrogen) atoms. The second-order valence-electron chi connectivity index (χ2n) is 10.3. The van der Waals surface area contributed by atoms with Crippen molar-refractivity contribution in [2.45, 2.75) is 102 Å². The lowest BCUT2D eigenvalue weighted by molar-refractivity contribution is -0.159. The molecule has 2 heterocycles. The molecule has 0 aromatic carbocycles. The molecule has 2 saturated carbocycles. The molecule has 6 atom stereocenters. The summed E-state index contributed by atoms with van der Waals surface area (Å²) < 4.78 is 5.49. The molecule has 5 heteroatoms. The van der Waals surface area contributed by atoms with Gasteiger partial charge in [-0.1, -0.05) is 58.3 Å². The Bertz CT molecular complexity index is 536. The second kappa shape index (κ2) is 10.1. The van der Waals surface area contributed by atoms with E-state index < -0.39 is 12.1 Å².